The van der Waals surface area contributed by atoms with E-state index in [4.69, 9.17) is 15.0 Å². The van der Waals surface area contributed by atoms with Gasteiger partial charge in [0.05, 0.1) is 11.0 Å². The van der Waals surface area contributed by atoms with Gasteiger partial charge < -0.3 is 16.2 Å². The smallest absolute Gasteiger partial charge is 0.303 e. The summed E-state index contributed by atoms with van der Waals surface area (Å²) in [5.41, 5.74) is 6.62. The summed E-state index contributed by atoms with van der Waals surface area (Å²) in [4.78, 5) is 23.1. The van der Waals surface area contributed by atoms with E-state index in [2.05, 4.69) is 5.32 Å². The Morgan fingerprint density at radius 1 is 1.06 bits per heavy atom. The molecule has 2 unspecified atom stereocenters. The van der Waals surface area contributed by atoms with E-state index < -0.39 is 22.2 Å². The highest BCUT2D eigenvalue weighted by Crippen LogP contribution is 2.24. The first-order chi connectivity index (χ1) is 15.0. The molecule has 0 heterocycles. The van der Waals surface area contributed by atoms with Crippen LogP contribution >= 0.6 is 0 Å². The lowest BCUT2D eigenvalue weighted by Gasteiger charge is -2.20. The SMILES string of the molecule is Cc1ccc(S(=O)(=O)OC(CCN)CCCC(CCCC(=O)O)CC(=O)NC(C)C)cc1. The van der Waals surface area contributed by atoms with Crippen LogP contribution in [0.4, 0.5) is 0 Å². The number of carbonyl (C=O) groups excluding carboxylic acids is 1. The Morgan fingerprint density at radius 2 is 1.69 bits per heavy atom. The number of nitrogens with one attached hydrogen (secondary N) is 1. The molecule has 32 heavy (non-hydrogen) atoms. The van der Waals surface area contributed by atoms with Gasteiger partial charge in [0.1, 0.15) is 0 Å². The van der Waals surface area contributed by atoms with Gasteiger partial charge in [-0.3, -0.25) is 13.8 Å². The van der Waals surface area contributed by atoms with Crippen molar-refractivity contribution in [2.75, 3.05) is 6.54 Å². The first kappa shape index (κ1) is 28.1. The highest BCUT2D eigenvalue weighted by molar-refractivity contribution is 7.86. The highest BCUT2D eigenvalue weighted by Gasteiger charge is 2.22. The molecular weight excluding hydrogens is 432 g/mol. The molecule has 1 rings (SSSR count). The van der Waals surface area contributed by atoms with Gasteiger partial charge in [0, 0.05) is 18.9 Å². The van der Waals surface area contributed by atoms with Crippen molar-refractivity contribution in [3.63, 3.8) is 0 Å². The Kier molecular flexibility index (Phi) is 12.5. The van der Waals surface area contributed by atoms with Crippen LogP contribution in [0.3, 0.4) is 0 Å². The van der Waals surface area contributed by atoms with Gasteiger partial charge in [0.2, 0.25) is 5.91 Å². The zero-order chi connectivity index (χ0) is 24.1. The van der Waals surface area contributed by atoms with Gasteiger partial charge in [-0.1, -0.05) is 24.1 Å². The number of carboxylic acids is 1. The lowest BCUT2D eigenvalue weighted by molar-refractivity contribution is -0.137. The molecule has 0 aliphatic heterocycles. The highest BCUT2D eigenvalue weighted by atomic mass is 32.2. The Bertz CT molecular complexity index is 808. The molecule has 0 aliphatic carbocycles. The molecule has 0 saturated heterocycles. The number of nitrogens with two attached hydrogens (primary N) is 1. The molecule has 0 aliphatic rings. The largest absolute Gasteiger partial charge is 0.481 e. The Morgan fingerprint density at radius 3 is 2.25 bits per heavy atom. The maximum Gasteiger partial charge on any atom is 0.303 e. The van der Waals surface area contributed by atoms with Crippen molar-refractivity contribution in [1.29, 1.82) is 0 Å². The topological polar surface area (TPSA) is 136 Å². The zero-order valence-electron chi connectivity index (χ0n) is 19.4. The van der Waals surface area contributed by atoms with Crippen molar-refractivity contribution in [2.24, 2.45) is 11.7 Å². The molecule has 1 aromatic carbocycles. The molecule has 0 fully saturated rings. The number of hydrogen-bond acceptors (Lipinski definition) is 6. The van der Waals surface area contributed by atoms with Crippen LogP contribution in [0, 0.1) is 12.8 Å². The van der Waals surface area contributed by atoms with Gasteiger partial charge in [-0.15, -0.1) is 0 Å². The fourth-order valence-corrected chi connectivity index (χ4v) is 4.67. The fraction of sp³-hybridized carbons (Fsp3) is 0.652. The summed E-state index contributed by atoms with van der Waals surface area (Å²) in [6, 6.07) is 6.53. The fourth-order valence-electron chi connectivity index (χ4n) is 3.53. The molecule has 1 amide bonds. The van der Waals surface area contributed by atoms with E-state index in [-0.39, 0.29) is 29.2 Å². The second kappa shape index (κ2) is 14.2. The number of aryl methyl sites for hydroxylation is 1. The summed E-state index contributed by atoms with van der Waals surface area (Å²) < 4.78 is 30.7. The van der Waals surface area contributed by atoms with Gasteiger partial charge in [0.15, 0.2) is 0 Å². The monoisotopic (exact) mass is 470 g/mol. The first-order valence-corrected chi connectivity index (χ1v) is 12.7. The number of aliphatic carboxylic acids is 1. The Hall–Kier alpha value is -1.97. The van der Waals surface area contributed by atoms with Gasteiger partial charge >= 0.3 is 5.97 Å². The molecule has 1 aromatic rings. The van der Waals surface area contributed by atoms with Crippen molar-refractivity contribution in [3.8, 4) is 0 Å². The number of benzene rings is 1. The molecule has 4 N–H and O–H groups in total. The van der Waals surface area contributed by atoms with Crippen LogP contribution in [0.5, 0.6) is 0 Å². The van der Waals surface area contributed by atoms with E-state index in [9.17, 15) is 18.0 Å². The number of amides is 1. The maximum absolute atomic E-state index is 12.6. The number of carbonyl (C=O) groups is 2. The Balaban J connectivity index is 2.69. The minimum absolute atomic E-state index is 0.0281. The van der Waals surface area contributed by atoms with Crippen LogP contribution in [0.1, 0.15) is 70.8 Å². The molecule has 0 aromatic heterocycles. The van der Waals surface area contributed by atoms with Crippen molar-refractivity contribution >= 4 is 22.0 Å². The molecule has 8 nitrogen and oxygen atoms in total. The van der Waals surface area contributed by atoms with Crippen LogP contribution in [-0.4, -0.2) is 44.1 Å². The van der Waals surface area contributed by atoms with Crippen LogP contribution in [0.2, 0.25) is 0 Å². The third-order valence-electron chi connectivity index (χ3n) is 5.13. The predicted octanol–water partition coefficient (Wildman–Crippen LogP) is 3.37. The standard InChI is InChI=1S/C23H38N2O6S/c1-17(2)25-22(26)16-19(7-5-9-23(27)28)6-4-8-20(14-15-24)31-32(29,30)21-12-10-18(3)11-13-21/h10-13,17,19-20H,4-9,14-16,24H2,1-3H3,(H,25,26)(H,27,28). The molecule has 0 bridgehead atoms. The van der Waals surface area contributed by atoms with Crippen molar-refractivity contribution in [1.82, 2.24) is 5.32 Å². The zero-order valence-corrected chi connectivity index (χ0v) is 20.2. The molecular formula is C23H38N2O6S. The van der Waals surface area contributed by atoms with Crippen molar-refractivity contribution < 1.29 is 27.3 Å². The summed E-state index contributed by atoms with van der Waals surface area (Å²) in [5, 5.41) is 11.8. The maximum atomic E-state index is 12.6. The predicted molar refractivity (Wildman–Crippen MR) is 124 cm³/mol. The number of carboxylic acid groups (broad SMARTS) is 1. The van der Waals surface area contributed by atoms with Crippen LogP contribution in [0.25, 0.3) is 0 Å². The second-order valence-electron chi connectivity index (χ2n) is 8.57. The third kappa shape index (κ3) is 11.6. The molecule has 182 valence electrons. The molecule has 0 radical (unpaired) electrons. The van der Waals surface area contributed by atoms with E-state index in [0.717, 1.165) is 5.56 Å². The molecule has 0 saturated carbocycles. The quantitative estimate of drug-likeness (QED) is 0.315. The van der Waals surface area contributed by atoms with Crippen LogP contribution in [-0.2, 0) is 23.9 Å². The van der Waals surface area contributed by atoms with E-state index in [1.54, 1.807) is 12.1 Å². The first-order valence-electron chi connectivity index (χ1n) is 11.2. The third-order valence-corrected chi connectivity index (χ3v) is 6.50. The number of rotatable bonds is 16. The normalized spacial score (nSPS) is 13.7. The van der Waals surface area contributed by atoms with Gasteiger partial charge in [-0.2, -0.15) is 8.42 Å². The van der Waals surface area contributed by atoms with Gasteiger partial charge in [-0.05, 0) is 77.5 Å². The Labute approximate surface area is 192 Å². The summed E-state index contributed by atoms with van der Waals surface area (Å²) in [6.45, 7) is 5.96. The van der Waals surface area contributed by atoms with Crippen LogP contribution < -0.4 is 11.1 Å². The van der Waals surface area contributed by atoms with E-state index in [1.807, 2.05) is 20.8 Å². The molecule has 0 spiro atoms. The lowest BCUT2D eigenvalue weighted by Crippen LogP contribution is -2.31. The molecule has 9 heteroatoms. The van der Waals surface area contributed by atoms with Gasteiger partial charge in [-0.25, -0.2) is 0 Å². The average Bonchev–Trinajstić information content (AvgIpc) is 2.67. The van der Waals surface area contributed by atoms with Crippen LogP contribution in [0.15, 0.2) is 29.2 Å². The van der Waals surface area contributed by atoms with E-state index >= 15 is 0 Å². The summed E-state index contributed by atoms with van der Waals surface area (Å²) >= 11 is 0. The van der Waals surface area contributed by atoms with E-state index in [1.165, 1.54) is 12.1 Å². The van der Waals surface area contributed by atoms with Crippen molar-refractivity contribution in [2.45, 2.75) is 89.2 Å². The number of hydrogen-bond donors (Lipinski definition) is 3. The van der Waals surface area contributed by atoms with Gasteiger partial charge in [0.25, 0.3) is 10.1 Å². The molecule has 2 atom stereocenters. The summed E-state index contributed by atoms with van der Waals surface area (Å²) in [6.07, 6.45) is 3.20. The van der Waals surface area contributed by atoms with E-state index in [0.29, 0.717) is 51.5 Å². The lowest BCUT2D eigenvalue weighted by atomic mass is 9.91. The summed E-state index contributed by atoms with van der Waals surface area (Å²) in [7, 11) is -3.89. The average molecular weight is 471 g/mol. The minimum atomic E-state index is -3.89. The summed E-state index contributed by atoms with van der Waals surface area (Å²) in [5.74, 6) is -0.884. The van der Waals surface area contributed by atoms with Crippen molar-refractivity contribution in [3.05, 3.63) is 29.8 Å². The second-order valence-corrected chi connectivity index (χ2v) is 10.1. The minimum Gasteiger partial charge on any atom is -0.481 e.